The monoisotopic (exact) mass is 501 g/mol. The van der Waals surface area contributed by atoms with Gasteiger partial charge in [-0.1, -0.05) is 92.6 Å². The maximum Gasteiger partial charge on any atom is 3.00 e. The first kappa shape index (κ1) is 26.4. The average Bonchev–Trinajstić information content (AvgIpc) is 3.29. The number of benzene rings is 2. The van der Waals surface area contributed by atoms with Crippen LogP contribution in [0, 0.1) is 5.92 Å². The van der Waals surface area contributed by atoms with Crippen LogP contribution in [-0.2, 0) is 26.2 Å². The maximum atomic E-state index is 2.40. The summed E-state index contributed by atoms with van der Waals surface area (Å²) in [6, 6.07) is 17.7. The number of fused-ring (bicyclic) bond motifs is 2. The first-order valence-corrected chi connectivity index (χ1v) is 10.2. The Kier molecular flexibility index (Phi) is 11.8. The molecule has 2 aromatic rings. The van der Waals surface area contributed by atoms with Crippen LogP contribution in [0.3, 0.4) is 0 Å². The second-order valence-electron chi connectivity index (χ2n) is 7.72. The van der Waals surface area contributed by atoms with E-state index in [-0.39, 0.29) is 51.0 Å². The molecule has 0 saturated carbocycles. The minimum Gasteiger partial charge on any atom is -1.00 e. The Morgan fingerprint density at radius 3 is 1.79 bits per heavy atom. The predicted octanol–water partition coefficient (Wildman–Crippen LogP) is 1.55. The minimum atomic E-state index is 0. The predicted molar refractivity (Wildman–Crippen MR) is 113 cm³/mol. The number of allylic oxidation sites excluding steroid dienone is 2. The van der Waals surface area contributed by atoms with Gasteiger partial charge in [-0.15, -0.1) is 0 Å². The Bertz CT molecular complexity index is 812. The zero-order valence-electron chi connectivity index (χ0n) is 17.1. The van der Waals surface area contributed by atoms with E-state index >= 15 is 0 Å². The fourth-order valence-corrected chi connectivity index (χ4v) is 4.56. The number of rotatable bonds is 8. The molecule has 0 spiro atoms. The second kappa shape index (κ2) is 12.9. The van der Waals surface area contributed by atoms with E-state index in [1.54, 1.807) is 5.92 Å². The van der Waals surface area contributed by atoms with Crippen LogP contribution < -0.4 is 24.8 Å². The number of hydrogen-bond donors (Lipinski definition) is 0. The van der Waals surface area contributed by atoms with Crippen molar-refractivity contribution < 1.29 is 51.0 Å². The van der Waals surface area contributed by atoms with Gasteiger partial charge in [0.15, 0.2) is 0 Å². The topological polar surface area (TPSA) is 0 Å². The summed E-state index contributed by atoms with van der Waals surface area (Å²) in [5, 5.41) is 0. The van der Waals surface area contributed by atoms with Crippen molar-refractivity contribution in [3.05, 3.63) is 88.9 Å². The molecule has 4 rings (SSSR count). The van der Waals surface area contributed by atoms with E-state index in [2.05, 4.69) is 79.8 Å². The standard InChI is InChI=1S/C26H29.2ClH.Zr/c1-2-20(14-15-24-19-18-22-10-4-6-13-26(22)24)8-7-11-23-17-16-21-9-3-5-12-25(21)23;;;/h3-6,9-10,12-13,16-19,23-24H,2,7-8,11,14-15H2,1H3;2*1H;/q-1;;;+3/p-2. The van der Waals surface area contributed by atoms with Crippen LogP contribution in [0.4, 0.5) is 0 Å². The molecule has 2 aliphatic rings. The summed E-state index contributed by atoms with van der Waals surface area (Å²) in [5.74, 6) is 3.00. The molecule has 2 atom stereocenters. The van der Waals surface area contributed by atoms with Crippen LogP contribution in [-0.4, -0.2) is 0 Å². The van der Waals surface area contributed by atoms with E-state index in [1.807, 2.05) is 0 Å². The van der Waals surface area contributed by atoms with Crippen molar-refractivity contribution in [3.63, 3.8) is 0 Å². The van der Waals surface area contributed by atoms with Gasteiger partial charge >= 0.3 is 26.2 Å². The third kappa shape index (κ3) is 6.43. The molecule has 0 nitrogen and oxygen atoms in total. The Morgan fingerprint density at radius 2 is 1.24 bits per heavy atom. The van der Waals surface area contributed by atoms with Crippen LogP contribution in [0.1, 0.15) is 79.5 Å². The number of hydrogen-bond acceptors (Lipinski definition) is 0. The minimum absolute atomic E-state index is 0. The molecule has 0 amide bonds. The van der Waals surface area contributed by atoms with Crippen molar-refractivity contribution in [2.24, 2.45) is 0 Å². The smallest absolute Gasteiger partial charge is 1.00 e. The van der Waals surface area contributed by atoms with E-state index in [0.717, 1.165) is 0 Å². The van der Waals surface area contributed by atoms with Crippen LogP contribution >= 0.6 is 0 Å². The van der Waals surface area contributed by atoms with Crippen molar-refractivity contribution in [1.29, 1.82) is 0 Å². The first-order chi connectivity index (χ1) is 12.8. The molecule has 1 radical (unpaired) electrons. The summed E-state index contributed by atoms with van der Waals surface area (Å²) in [5.41, 5.74) is 5.89. The van der Waals surface area contributed by atoms with E-state index in [4.69, 9.17) is 0 Å². The van der Waals surface area contributed by atoms with Gasteiger partial charge < -0.3 is 30.7 Å². The second-order valence-corrected chi connectivity index (χ2v) is 7.72. The molecule has 29 heavy (non-hydrogen) atoms. The average molecular weight is 504 g/mol. The van der Waals surface area contributed by atoms with Crippen LogP contribution in [0.2, 0.25) is 0 Å². The Labute approximate surface area is 208 Å². The summed E-state index contributed by atoms with van der Waals surface area (Å²) in [4.78, 5) is 0. The summed E-state index contributed by atoms with van der Waals surface area (Å²) in [7, 11) is 0. The molecule has 2 aliphatic carbocycles. The van der Waals surface area contributed by atoms with Gasteiger partial charge in [0, 0.05) is 11.8 Å². The molecule has 2 unspecified atom stereocenters. The molecule has 0 N–H and O–H groups in total. The maximum absolute atomic E-state index is 2.40. The van der Waals surface area contributed by atoms with Crippen molar-refractivity contribution in [3.8, 4) is 0 Å². The van der Waals surface area contributed by atoms with Gasteiger partial charge in [0.05, 0.1) is 0 Å². The Morgan fingerprint density at radius 1 is 0.724 bits per heavy atom. The zero-order chi connectivity index (χ0) is 17.8. The summed E-state index contributed by atoms with van der Waals surface area (Å²) < 4.78 is 0. The molecule has 0 fully saturated rings. The van der Waals surface area contributed by atoms with E-state index in [1.165, 1.54) is 60.8 Å². The molecule has 0 bridgehead atoms. The summed E-state index contributed by atoms with van der Waals surface area (Å²) in [6.07, 6.45) is 17.1. The SMILES string of the molecule is CC[C-](CCCC1C=Cc2ccccc21)CCC1C=Cc2ccccc21.[Cl-].[Cl-].[Zr+3]. The van der Waals surface area contributed by atoms with Crippen LogP contribution in [0.5, 0.6) is 0 Å². The van der Waals surface area contributed by atoms with E-state index < -0.39 is 0 Å². The molecular formula is C26H29Cl2Zr. The normalized spacial score (nSPS) is 17.9. The van der Waals surface area contributed by atoms with Gasteiger partial charge in [0.1, 0.15) is 0 Å². The van der Waals surface area contributed by atoms with Crippen molar-refractivity contribution in [2.75, 3.05) is 0 Å². The Balaban J connectivity index is 0.00000140. The summed E-state index contributed by atoms with van der Waals surface area (Å²) >= 11 is 0. The van der Waals surface area contributed by atoms with Gasteiger partial charge in [-0.3, -0.25) is 0 Å². The Hall–Kier alpha value is -0.617. The largest absolute Gasteiger partial charge is 3.00 e. The number of halogens is 2. The van der Waals surface area contributed by atoms with Gasteiger partial charge in [-0.05, 0) is 28.7 Å². The molecule has 0 saturated heterocycles. The fourth-order valence-electron chi connectivity index (χ4n) is 4.56. The van der Waals surface area contributed by atoms with E-state index in [0.29, 0.717) is 11.8 Å². The van der Waals surface area contributed by atoms with Crippen molar-refractivity contribution in [1.82, 2.24) is 0 Å². The molecule has 0 aliphatic heterocycles. The molecule has 0 aromatic heterocycles. The molecule has 0 heterocycles. The third-order valence-corrected chi connectivity index (χ3v) is 6.16. The molecule has 2 aromatic carbocycles. The molecule has 151 valence electrons. The van der Waals surface area contributed by atoms with Crippen molar-refractivity contribution >= 4 is 12.2 Å². The zero-order valence-corrected chi connectivity index (χ0v) is 21.1. The van der Waals surface area contributed by atoms with Crippen LogP contribution in [0.15, 0.2) is 60.7 Å². The van der Waals surface area contributed by atoms with Gasteiger partial charge in [0.2, 0.25) is 0 Å². The molecule has 3 heteroatoms. The van der Waals surface area contributed by atoms with Gasteiger partial charge in [0.25, 0.3) is 0 Å². The summed E-state index contributed by atoms with van der Waals surface area (Å²) in [6.45, 7) is 2.33. The fraction of sp³-hybridized carbons (Fsp3) is 0.346. The quantitative estimate of drug-likeness (QED) is 0.480. The van der Waals surface area contributed by atoms with Crippen molar-refractivity contribution in [2.45, 2.75) is 57.3 Å². The third-order valence-electron chi connectivity index (χ3n) is 6.16. The molecular weight excluding hydrogens is 474 g/mol. The van der Waals surface area contributed by atoms with Crippen LogP contribution in [0.25, 0.3) is 12.2 Å². The van der Waals surface area contributed by atoms with Gasteiger partial charge in [-0.25, -0.2) is 0 Å². The van der Waals surface area contributed by atoms with E-state index in [9.17, 15) is 0 Å². The first-order valence-electron chi connectivity index (χ1n) is 10.2. The van der Waals surface area contributed by atoms with Gasteiger partial charge in [-0.2, -0.15) is 19.3 Å².